The lowest BCUT2D eigenvalue weighted by Gasteiger charge is -2.23. The number of rotatable bonds is 2. The minimum Gasteiger partial charge on any atom is -0.394 e. The zero-order chi connectivity index (χ0) is 11.6. The molecule has 0 amide bonds. The first-order chi connectivity index (χ1) is 7.02. The van der Waals surface area contributed by atoms with Gasteiger partial charge in [0.2, 0.25) is 0 Å². The number of aliphatic hydroxyl groups is 5. The molecule has 1 saturated heterocycles. The van der Waals surface area contributed by atoms with Gasteiger partial charge in [0.1, 0.15) is 30.5 Å². The molecule has 1 rings (SSSR count). The van der Waals surface area contributed by atoms with E-state index in [2.05, 4.69) is 0 Å². The number of hydrogen-bond acceptors (Lipinski definition) is 7. The average molecular weight is 224 g/mol. The van der Waals surface area contributed by atoms with Gasteiger partial charge in [0.15, 0.2) is 6.29 Å². The van der Waals surface area contributed by atoms with Crippen LogP contribution in [0.4, 0.5) is 0 Å². The van der Waals surface area contributed by atoms with Crippen molar-refractivity contribution in [3.05, 3.63) is 0 Å². The lowest BCUT2D eigenvalue weighted by atomic mass is 10.0. The van der Waals surface area contributed by atoms with E-state index < -0.39 is 43.4 Å². The zero-order valence-corrected chi connectivity index (χ0v) is 8.22. The molecule has 0 bridgehead atoms. The van der Waals surface area contributed by atoms with E-state index in [1.165, 1.54) is 7.11 Å². The Labute approximate surface area is 86.5 Å². The molecule has 15 heavy (non-hydrogen) atoms. The van der Waals surface area contributed by atoms with Crippen LogP contribution >= 0.6 is 0 Å². The highest BCUT2D eigenvalue weighted by Crippen LogP contribution is 2.21. The maximum atomic E-state index is 9.47. The highest BCUT2D eigenvalue weighted by Gasteiger charge is 2.44. The van der Waals surface area contributed by atoms with Gasteiger partial charge in [-0.2, -0.15) is 0 Å². The molecule has 1 aliphatic heterocycles. The van der Waals surface area contributed by atoms with Crippen LogP contribution in [0, 0.1) is 0 Å². The van der Waals surface area contributed by atoms with E-state index in [1.807, 2.05) is 0 Å². The number of methoxy groups -OCH3 is 1. The molecule has 1 fully saturated rings. The predicted molar refractivity (Wildman–Crippen MR) is 46.8 cm³/mol. The Morgan fingerprint density at radius 1 is 1.00 bits per heavy atom. The van der Waals surface area contributed by atoms with Gasteiger partial charge in [0.25, 0.3) is 0 Å². The molecule has 7 heteroatoms. The summed E-state index contributed by atoms with van der Waals surface area (Å²) in [5.41, 5.74) is 0. The molecule has 0 aliphatic carbocycles. The van der Waals surface area contributed by atoms with Gasteiger partial charge in [-0.05, 0) is 0 Å². The Kier molecular flexibility index (Phi) is 4.41. The predicted octanol–water partition coefficient (Wildman–Crippen LogP) is -3.21. The van der Waals surface area contributed by atoms with Crippen molar-refractivity contribution >= 4 is 0 Å². The summed E-state index contributed by atoms with van der Waals surface area (Å²) in [6.45, 7) is -0.558. The lowest BCUT2D eigenvalue weighted by molar-refractivity contribution is -0.221. The smallest absolute Gasteiger partial charge is 0.186 e. The van der Waals surface area contributed by atoms with Gasteiger partial charge in [-0.1, -0.05) is 0 Å². The molecule has 0 aromatic heterocycles. The van der Waals surface area contributed by atoms with Crippen LogP contribution < -0.4 is 0 Å². The zero-order valence-electron chi connectivity index (χ0n) is 8.22. The van der Waals surface area contributed by atoms with E-state index in [0.29, 0.717) is 0 Å². The first-order valence-corrected chi connectivity index (χ1v) is 4.54. The molecule has 0 radical (unpaired) electrons. The van der Waals surface area contributed by atoms with Crippen molar-refractivity contribution in [1.82, 2.24) is 0 Å². The quantitative estimate of drug-likeness (QED) is 0.335. The number of hydrogen-bond donors (Lipinski definition) is 5. The Morgan fingerprint density at radius 3 is 2.00 bits per heavy atom. The maximum Gasteiger partial charge on any atom is 0.186 e. The highest BCUT2D eigenvalue weighted by atomic mass is 16.7. The van der Waals surface area contributed by atoms with Gasteiger partial charge in [-0.15, -0.1) is 0 Å². The van der Waals surface area contributed by atoms with Crippen molar-refractivity contribution in [3.8, 4) is 0 Å². The minimum absolute atomic E-state index is 0.558. The fourth-order valence-corrected chi connectivity index (χ4v) is 1.46. The maximum absolute atomic E-state index is 9.47. The summed E-state index contributed by atoms with van der Waals surface area (Å²) in [6.07, 6.45) is -8.49. The Morgan fingerprint density at radius 2 is 1.53 bits per heavy atom. The SMILES string of the molecule is CO[C@@H]1O[C@@H](CO)[C@@H](O)[C@H](O)[C@@H](O)[C@H]1O. The monoisotopic (exact) mass is 224 g/mol. The van der Waals surface area contributed by atoms with Crippen molar-refractivity contribution < 1.29 is 35.0 Å². The standard InChI is InChI=1S/C8H16O7/c1-14-8-7(13)6(12)5(11)4(10)3(2-9)15-8/h3-13H,2H2,1H3/t3-,4+,5-,6+,7+,8+/m0/s1. The van der Waals surface area contributed by atoms with Crippen molar-refractivity contribution in [2.45, 2.75) is 36.8 Å². The molecule has 6 atom stereocenters. The first kappa shape index (κ1) is 12.8. The molecule has 5 N–H and O–H groups in total. The summed E-state index contributed by atoms with van der Waals surface area (Å²) in [5.74, 6) is 0. The van der Waals surface area contributed by atoms with Crippen LogP contribution in [-0.2, 0) is 9.47 Å². The van der Waals surface area contributed by atoms with Gasteiger partial charge in [0, 0.05) is 7.11 Å². The summed E-state index contributed by atoms with van der Waals surface area (Å²) < 4.78 is 9.70. The Balaban J connectivity index is 2.85. The topological polar surface area (TPSA) is 120 Å². The summed E-state index contributed by atoms with van der Waals surface area (Å²) in [4.78, 5) is 0. The Bertz CT molecular complexity index is 170. The second-order valence-electron chi connectivity index (χ2n) is 3.42. The number of ether oxygens (including phenoxy) is 2. The normalized spacial score (nSPS) is 47.6. The van der Waals surface area contributed by atoms with Gasteiger partial charge in [0.05, 0.1) is 6.61 Å². The molecule has 0 saturated carbocycles. The van der Waals surface area contributed by atoms with Gasteiger partial charge >= 0.3 is 0 Å². The van der Waals surface area contributed by atoms with Crippen LogP contribution in [-0.4, -0.2) is 76.1 Å². The number of aliphatic hydroxyl groups excluding tert-OH is 5. The van der Waals surface area contributed by atoms with Gasteiger partial charge in [-0.3, -0.25) is 0 Å². The van der Waals surface area contributed by atoms with Crippen LogP contribution in [0.1, 0.15) is 0 Å². The van der Waals surface area contributed by atoms with E-state index in [1.54, 1.807) is 0 Å². The third-order valence-electron chi connectivity index (χ3n) is 2.43. The summed E-state index contributed by atoms with van der Waals surface area (Å²) in [5, 5.41) is 46.6. The van der Waals surface area contributed by atoms with E-state index >= 15 is 0 Å². The largest absolute Gasteiger partial charge is 0.394 e. The fourth-order valence-electron chi connectivity index (χ4n) is 1.46. The lowest BCUT2D eigenvalue weighted by Crippen LogP contribution is -2.47. The summed E-state index contributed by atoms with van der Waals surface area (Å²) in [7, 11) is 1.24. The van der Waals surface area contributed by atoms with E-state index in [0.717, 1.165) is 0 Å². The van der Waals surface area contributed by atoms with Crippen molar-refractivity contribution in [1.29, 1.82) is 0 Å². The molecule has 1 heterocycles. The van der Waals surface area contributed by atoms with Crippen LogP contribution in [0.15, 0.2) is 0 Å². The molecule has 7 nitrogen and oxygen atoms in total. The van der Waals surface area contributed by atoms with E-state index in [9.17, 15) is 20.4 Å². The Hall–Kier alpha value is -0.280. The van der Waals surface area contributed by atoms with Crippen molar-refractivity contribution in [2.75, 3.05) is 13.7 Å². The molecular formula is C8H16O7. The van der Waals surface area contributed by atoms with Crippen LogP contribution in [0.5, 0.6) is 0 Å². The van der Waals surface area contributed by atoms with Crippen LogP contribution in [0.3, 0.4) is 0 Å². The minimum atomic E-state index is -1.60. The van der Waals surface area contributed by atoms with E-state index in [4.69, 9.17) is 14.6 Å². The molecule has 0 aromatic rings. The molecule has 0 aromatic carbocycles. The molecular weight excluding hydrogens is 208 g/mol. The third-order valence-corrected chi connectivity index (χ3v) is 2.43. The summed E-state index contributed by atoms with van der Waals surface area (Å²) in [6, 6.07) is 0. The van der Waals surface area contributed by atoms with Crippen LogP contribution in [0.25, 0.3) is 0 Å². The fraction of sp³-hybridized carbons (Fsp3) is 1.00. The van der Waals surface area contributed by atoms with Gasteiger partial charge < -0.3 is 35.0 Å². The first-order valence-electron chi connectivity index (χ1n) is 4.54. The average Bonchev–Trinajstić information content (AvgIpc) is 2.33. The van der Waals surface area contributed by atoms with Crippen LogP contribution in [0.2, 0.25) is 0 Å². The molecule has 90 valence electrons. The molecule has 0 unspecified atom stereocenters. The van der Waals surface area contributed by atoms with Crippen molar-refractivity contribution in [3.63, 3.8) is 0 Å². The van der Waals surface area contributed by atoms with Crippen molar-refractivity contribution in [2.24, 2.45) is 0 Å². The second-order valence-corrected chi connectivity index (χ2v) is 3.42. The van der Waals surface area contributed by atoms with Gasteiger partial charge in [-0.25, -0.2) is 0 Å². The summed E-state index contributed by atoms with van der Waals surface area (Å²) >= 11 is 0. The third kappa shape index (κ3) is 2.45. The molecule has 1 aliphatic rings. The van der Waals surface area contributed by atoms with E-state index in [-0.39, 0.29) is 0 Å². The highest BCUT2D eigenvalue weighted by molar-refractivity contribution is 4.90. The molecule has 0 spiro atoms. The second kappa shape index (κ2) is 5.17.